The number of aryl methyl sites for hydroxylation is 2. The maximum atomic E-state index is 11.8. The number of nitrogens with zero attached hydrogens (tertiary/aromatic N) is 3. The van der Waals surface area contributed by atoms with Gasteiger partial charge in [-0.1, -0.05) is 12.1 Å². The number of amides is 1. The Morgan fingerprint density at radius 2 is 2.17 bits per heavy atom. The molecule has 0 aromatic carbocycles. The van der Waals surface area contributed by atoms with E-state index in [1.807, 2.05) is 32.6 Å². The number of likely N-dealkylation sites (tertiary alicyclic amines) is 1. The number of carbonyl (C=O) groups is 1. The third-order valence-corrected chi connectivity index (χ3v) is 4.10. The van der Waals surface area contributed by atoms with Crippen LogP contribution in [0.3, 0.4) is 0 Å². The van der Waals surface area contributed by atoms with Crippen LogP contribution in [0.4, 0.5) is 0 Å². The fourth-order valence-corrected chi connectivity index (χ4v) is 2.73. The van der Waals surface area contributed by atoms with E-state index >= 15 is 0 Å². The Balaban J connectivity index is 0.00000288. The fourth-order valence-electron chi connectivity index (χ4n) is 2.73. The lowest BCUT2D eigenvalue weighted by Gasteiger charge is -2.18. The topological polar surface area (TPSA) is 82.8 Å². The summed E-state index contributed by atoms with van der Waals surface area (Å²) in [5, 5.41) is 10.6. The van der Waals surface area contributed by atoms with Crippen LogP contribution < -0.4 is 10.6 Å². The molecule has 1 aliphatic heterocycles. The van der Waals surface area contributed by atoms with Crippen LogP contribution in [0.2, 0.25) is 0 Å². The first kappa shape index (κ1) is 20.7. The van der Waals surface area contributed by atoms with Gasteiger partial charge in [0.1, 0.15) is 5.76 Å². The standard InChI is InChI=1S/C16H27N5O2.HI/c1-5-15(22)21-8-7-13(10-21)19-16(17-6-2)18-9-14-11(3)20-23-12(14)4;/h13H,5-10H2,1-4H3,(H2,17,18,19);1H. The molecule has 1 unspecified atom stereocenters. The summed E-state index contributed by atoms with van der Waals surface area (Å²) < 4.78 is 5.17. The maximum Gasteiger partial charge on any atom is 0.222 e. The number of rotatable bonds is 5. The molecule has 0 radical (unpaired) electrons. The van der Waals surface area contributed by atoms with E-state index in [9.17, 15) is 4.79 Å². The molecule has 2 N–H and O–H groups in total. The van der Waals surface area contributed by atoms with Gasteiger partial charge in [0.25, 0.3) is 0 Å². The zero-order valence-corrected chi connectivity index (χ0v) is 17.2. The Bertz CT molecular complexity index is 553. The first-order chi connectivity index (χ1) is 11.0. The second-order valence-corrected chi connectivity index (χ2v) is 5.82. The van der Waals surface area contributed by atoms with Gasteiger partial charge in [-0.05, 0) is 27.2 Å². The molecule has 1 amide bonds. The molecular formula is C16H28IN5O2. The van der Waals surface area contributed by atoms with Crippen molar-refractivity contribution in [1.82, 2.24) is 20.7 Å². The second kappa shape index (κ2) is 9.85. The van der Waals surface area contributed by atoms with E-state index < -0.39 is 0 Å². The summed E-state index contributed by atoms with van der Waals surface area (Å²) in [6, 6.07) is 0.243. The number of hydrogen-bond donors (Lipinski definition) is 2. The molecular weight excluding hydrogens is 421 g/mol. The van der Waals surface area contributed by atoms with Gasteiger partial charge in [-0.15, -0.1) is 24.0 Å². The molecule has 1 atom stereocenters. The Morgan fingerprint density at radius 1 is 1.42 bits per heavy atom. The molecule has 0 saturated carbocycles. The van der Waals surface area contributed by atoms with Crippen molar-refractivity contribution in [3.63, 3.8) is 0 Å². The predicted octanol–water partition coefficient (Wildman–Crippen LogP) is 1.98. The van der Waals surface area contributed by atoms with Crippen molar-refractivity contribution < 1.29 is 9.32 Å². The molecule has 1 fully saturated rings. The SMILES string of the molecule is CCNC(=NCc1c(C)noc1C)NC1CCN(C(=O)CC)C1.I. The fraction of sp³-hybridized carbons (Fsp3) is 0.688. The highest BCUT2D eigenvalue weighted by atomic mass is 127. The number of nitrogens with one attached hydrogen (secondary N) is 2. The van der Waals surface area contributed by atoms with Crippen molar-refractivity contribution in [3.05, 3.63) is 17.0 Å². The van der Waals surface area contributed by atoms with Crippen LogP contribution in [0.5, 0.6) is 0 Å². The third kappa shape index (κ3) is 5.35. The molecule has 2 rings (SSSR count). The number of halogens is 1. The largest absolute Gasteiger partial charge is 0.361 e. The van der Waals surface area contributed by atoms with E-state index in [4.69, 9.17) is 4.52 Å². The van der Waals surface area contributed by atoms with Crippen molar-refractivity contribution in [1.29, 1.82) is 0 Å². The minimum absolute atomic E-state index is 0. The number of aliphatic imine (C=N–C) groups is 1. The minimum atomic E-state index is 0. The van der Waals surface area contributed by atoms with E-state index in [1.165, 1.54) is 0 Å². The minimum Gasteiger partial charge on any atom is -0.361 e. The molecule has 1 aromatic heterocycles. The summed E-state index contributed by atoms with van der Waals surface area (Å²) >= 11 is 0. The molecule has 7 nitrogen and oxygen atoms in total. The smallest absolute Gasteiger partial charge is 0.222 e. The van der Waals surface area contributed by atoms with Gasteiger partial charge in [0.2, 0.25) is 5.91 Å². The maximum absolute atomic E-state index is 11.8. The van der Waals surface area contributed by atoms with Crippen LogP contribution in [0.25, 0.3) is 0 Å². The predicted molar refractivity (Wildman–Crippen MR) is 105 cm³/mol. The van der Waals surface area contributed by atoms with E-state index in [2.05, 4.69) is 20.8 Å². The summed E-state index contributed by atoms with van der Waals surface area (Å²) in [5.74, 6) is 1.79. The molecule has 1 aromatic rings. The molecule has 136 valence electrons. The number of aromatic nitrogens is 1. The van der Waals surface area contributed by atoms with Crippen LogP contribution in [0.15, 0.2) is 9.52 Å². The molecule has 0 aliphatic carbocycles. The highest BCUT2D eigenvalue weighted by Crippen LogP contribution is 2.14. The van der Waals surface area contributed by atoms with Gasteiger partial charge in [-0.3, -0.25) is 4.79 Å². The highest BCUT2D eigenvalue weighted by molar-refractivity contribution is 14.0. The van der Waals surface area contributed by atoms with Crippen molar-refractivity contribution >= 4 is 35.8 Å². The van der Waals surface area contributed by atoms with Gasteiger partial charge < -0.3 is 20.1 Å². The lowest BCUT2D eigenvalue weighted by atomic mass is 10.2. The average molecular weight is 449 g/mol. The number of guanidine groups is 1. The van der Waals surface area contributed by atoms with Gasteiger partial charge in [0.15, 0.2) is 5.96 Å². The van der Waals surface area contributed by atoms with E-state index in [0.717, 1.165) is 49.0 Å². The van der Waals surface area contributed by atoms with Crippen molar-refractivity contribution in [3.8, 4) is 0 Å². The van der Waals surface area contributed by atoms with Crippen LogP contribution in [-0.2, 0) is 11.3 Å². The van der Waals surface area contributed by atoms with Gasteiger partial charge in [-0.25, -0.2) is 4.99 Å². The van der Waals surface area contributed by atoms with Gasteiger partial charge in [0.05, 0.1) is 12.2 Å². The molecule has 2 heterocycles. The Hall–Kier alpha value is -1.32. The number of hydrogen-bond acceptors (Lipinski definition) is 4. The van der Waals surface area contributed by atoms with E-state index in [1.54, 1.807) is 0 Å². The van der Waals surface area contributed by atoms with E-state index in [-0.39, 0.29) is 35.9 Å². The summed E-state index contributed by atoms with van der Waals surface area (Å²) in [6.07, 6.45) is 1.51. The molecule has 1 saturated heterocycles. The molecule has 1 aliphatic rings. The van der Waals surface area contributed by atoms with Crippen LogP contribution in [-0.4, -0.2) is 47.6 Å². The third-order valence-electron chi connectivity index (χ3n) is 4.10. The van der Waals surface area contributed by atoms with Crippen molar-refractivity contribution in [2.24, 2.45) is 4.99 Å². The average Bonchev–Trinajstić information content (AvgIpc) is 3.12. The quantitative estimate of drug-likeness (QED) is 0.408. The summed E-state index contributed by atoms with van der Waals surface area (Å²) in [6.45, 7) is 10.6. The lowest BCUT2D eigenvalue weighted by Crippen LogP contribution is -2.45. The second-order valence-electron chi connectivity index (χ2n) is 5.82. The Labute approximate surface area is 160 Å². The molecule has 24 heavy (non-hydrogen) atoms. The molecule has 8 heteroatoms. The summed E-state index contributed by atoms with van der Waals surface area (Å²) in [5.41, 5.74) is 1.90. The van der Waals surface area contributed by atoms with E-state index in [0.29, 0.717) is 13.0 Å². The van der Waals surface area contributed by atoms with Crippen molar-refractivity contribution in [2.75, 3.05) is 19.6 Å². The highest BCUT2D eigenvalue weighted by Gasteiger charge is 2.25. The van der Waals surface area contributed by atoms with Crippen LogP contribution in [0.1, 0.15) is 43.7 Å². The zero-order valence-electron chi connectivity index (χ0n) is 14.9. The number of carbonyl (C=O) groups excluding carboxylic acids is 1. The van der Waals surface area contributed by atoms with Gasteiger partial charge in [-0.2, -0.15) is 0 Å². The van der Waals surface area contributed by atoms with Crippen LogP contribution in [0, 0.1) is 13.8 Å². The monoisotopic (exact) mass is 449 g/mol. The van der Waals surface area contributed by atoms with Gasteiger partial charge in [0, 0.05) is 37.7 Å². The van der Waals surface area contributed by atoms with Crippen LogP contribution >= 0.6 is 24.0 Å². The van der Waals surface area contributed by atoms with Gasteiger partial charge >= 0.3 is 0 Å². The normalized spacial score (nSPS) is 17.6. The van der Waals surface area contributed by atoms with Crippen molar-refractivity contribution in [2.45, 2.75) is 53.1 Å². The lowest BCUT2D eigenvalue weighted by molar-refractivity contribution is -0.129. The summed E-state index contributed by atoms with van der Waals surface area (Å²) in [4.78, 5) is 18.3. The Morgan fingerprint density at radius 3 is 2.75 bits per heavy atom. The molecule has 0 spiro atoms. The zero-order chi connectivity index (χ0) is 16.8. The summed E-state index contributed by atoms with van der Waals surface area (Å²) in [7, 11) is 0. The first-order valence-electron chi connectivity index (χ1n) is 8.29. The first-order valence-corrected chi connectivity index (χ1v) is 8.29. The Kier molecular flexibility index (Phi) is 8.51. The molecule has 0 bridgehead atoms.